The van der Waals surface area contributed by atoms with Gasteiger partial charge >= 0.3 is 0 Å². The number of benzene rings is 1. The molecule has 4 N–H and O–H groups in total. The van der Waals surface area contributed by atoms with E-state index in [-0.39, 0.29) is 23.9 Å². The summed E-state index contributed by atoms with van der Waals surface area (Å²) < 4.78 is 0. The van der Waals surface area contributed by atoms with Crippen molar-refractivity contribution in [2.75, 3.05) is 25.0 Å². The van der Waals surface area contributed by atoms with Gasteiger partial charge in [0, 0.05) is 29.9 Å². The molecule has 3 heterocycles. The SMILES string of the molecule is Cc1ccc(NC(=O)C2CNN3C(C4CCNCC4)=CC(=O)NC23)cc1C. The molecule has 0 saturated carbocycles. The molecular weight excluding hydrogens is 342 g/mol. The molecule has 2 amide bonds. The van der Waals surface area contributed by atoms with E-state index in [1.54, 1.807) is 6.08 Å². The van der Waals surface area contributed by atoms with Crippen LogP contribution in [0.1, 0.15) is 24.0 Å². The molecule has 2 saturated heterocycles. The van der Waals surface area contributed by atoms with Crippen molar-refractivity contribution in [1.29, 1.82) is 0 Å². The molecule has 144 valence electrons. The Hall–Kier alpha value is -2.38. The molecule has 3 aliphatic rings. The van der Waals surface area contributed by atoms with Gasteiger partial charge in [-0.05, 0) is 63.0 Å². The van der Waals surface area contributed by atoms with Crippen LogP contribution < -0.4 is 21.4 Å². The molecule has 0 spiro atoms. The predicted molar refractivity (Wildman–Crippen MR) is 103 cm³/mol. The van der Waals surface area contributed by atoms with Crippen LogP contribution in [0.2, 0.25) is 0 Å². The Morgan fingerprint density at radius 2 is 1.96 bits per heavy atom. The largest absolute Gasteiger partial charge is 0.330 e. The highest BCUT2D eigenvalue weighted by atomic mass is 16.2. The molecule has 7 heteroatoms. The molecule has 2 fully saturated rings. The van der Waals surface area contributed by atoms with Gasteiger partial charge in [0.1, 0.15) is 6.17 Å². The summed E-state index contributed by atoms with van der Waals surface area (Å²) in [6.07, 6.45) is 3.34. The molecule has 0 aliphatic carbocycles. The third-order valence-corrected chi connectivity index (χ3v) is 5.86. The Balaban J connectivity index is 1.49. The van der Waals surface area contributed by atoms with Gasteiger partial charge in [-0.1, -0.05) is 6.07 Å². The standard InChI is InChI=1S/C20H27N5O2/c1-12-3-4-15(9-13(12)2)23-20(27)16-11-22-25-17(10-18(26)24-19(16)25)14-5-7-21-8-6-14/h3-4,9-10,14,16,19,21-22H,5-8,11H2,1-2H3,(H,23,27)(H,24,26). The van der Waals surface area contributed by atoms with Gasteiger partial charge < -0.3 is 16.0 Å². The number of anilines is 1. The first-order valence-electron chi connectivity index (χ1n) is 9.66. The van der Waals surface area contributed by atoms with Crippen molar-refractivity contribution in [2.24, 2.45) is 11.8 Å². The summed E-state index contributed by atoms with van der Waals surface area (Å²) in [7, 11) is 0. The second kappa shape index (κ2) is 7.32. The van der Waals surface area contributed by atoms with Crippen LogP contribution in [0.3, 0.4) is 0 Å². The average molecular weight is 369 g/mol. The summed E-state index contributed by atoms with van der Waals surface area (Å²) in [5, 5.41) is 11.3. The molecule has 0 aromatic heterocycles. The van der Waals surface area contributed by atoms with E-state index in [2.05, 4.69) is 21.4 Å². The quantitative estimate of drug-likeness (QED) is 0.639. The maximum Gasteiger partial charge on any atom is 0.247 e. The number of hydrazine groups is 1. The van der Waals surface area contributed by atoms with Gasteiger partial charge in [0.05, 0.1) is 5.92 Å². The van der Waals surface area contributed by atoms with Crippen molar-refractivity contribution >= 4 is 17.5 Å². The maximum absolute atomic E-state index is 12.9. The highest BCUT2D eigenvalue weighted by Gasteiger charge is 2.44. The second-order valence-electron chi connectivity index (χ2n) is 7.67. The highest BCUT2D eigenvalue weighted by molar-refractivity contribution is 5.95. The van der Waals surface area contributed by atoms with Gasteiger partial charge in [-0.15, -0.1) is 0 Å². The number of piperidine rings is 1. The van der Waals surface area contributed by atoms with Crippen LogP contribution in [0.25, 0.3) is 0 Å². The number of aryl methyl sites for hydroxylation is 2. The average Bonchev–Trinajstić information content (AvgIpc) is 3.08. The van der Waals surface area contributed by atoms with Gasteiger partial charge in [-0.25, -0.2) is 5.43 Å². The molecule has 1 aromatic rings. The molecule has 7 nitrogen and oxygen atoms in total. The van der Waals surface area contributed by atoms with Crippen molar-refractivity contribution in [1.82, 2.24) is 21.1 Å². The molecule has 2 unspecified atom stereocenters. The molecular formula is C20H27N5O2. The lowest BCUT2D eigenvalue weighted by molar-refractivity contribution is -0.123. The van der Waals surface area contributed by atoms with Crippen LogP contribution in [-0.4, -0.2) is 42.6 Å². The predicted octanol–water partition coefficient (Wildman–Crippen LogP) is 1.02. The zero-order chi connectivity index (χ0) is 19.0. The maximum atomic E-state index is 12.9. The van der Waals surface area contributed by atoms with Gasteiger partial charge in [-0.3, -0.25) is 14.6 Å². The van der Waals surface area contributed by atoms with E-state index >= 15 is 0 Å². The summed E-state index contributed by atoms with van der Waals surface area (Å²) in [4.78, 5) is 25.2. The van der Waals surface area contributed by atoms with Crippen molar-refractivity contribution in [3.05, 3.63) is 41.1 Å². The molecule has 3 aliphatic heterocycles. The zero-order valence-corrected chi connectivity index (χ0v) is 15.8. The van der Waals surface area contributed by atoms with Crippen LogP contribution in [0, 0.1) is 25.7 Å². The first-order chi connectivity index (χ1) is 13.0. The number of nitrogens with zero attached hydrogens (tertiary/aromatic N) is 1. The summed E-state index contributed by atoms with van der Waals surface area (Å²) in [5.74, 6) is -0.197. The van der Waals surface area contributed by atoms with Gasteiger partial charge in [0.25, 0.3) is 0 Å². The first kappa shape index (κ1) is 18.0. The normalized spacial score (nSPS) is 25.6. The van der Waals surface area contributed by atoms with Crippen molar-refractivity contribution < 1.29 is 9.59 Å². The summed E-state index contributed by atoms with van der Waals surface area (Å²) in [5.41, 5.74) is 7.46. The molecule has 2 atom stereocenters. The molecule has 27 heavy (non-hydrogen) atoms. The fourth-order valence-electron chi connectivity index (χ4n) is 4.12. The monoisotopic (exact) mass is 369 g/mol. The number of hydrogen-bond donors (Lipinski definition) is 4. The fourth-order valence-corrected chi connectivity index (χ4v) is 4.12. The van der Waals surface area contributed by atoms with E-state index in [0.29, 0.717) is 12.5 Å². The number of amides is 2. The fraction of sp³-hybridized carbons (Fsp3) is 0.500. The number of carbonyl (C=O) groups excluding carboxylic acids is 2. The van der Waals surface area contributed by atoms with E-state index in [1.807, 2.05) is 37.1 Å². The number of rotatable bonds is 3. The van der Waals surface area contributed by atoms with E-state index < -0.39 is 0 Å². The minimum Gasteiger partial charge on any atom is -0.330 e. The van der Waals surface area contributed by atoms with Crippen molar-refractivity contribution in [3.63, 3.8) is 0 Å². The van der Waals surface area contributed by atoms with Crippen LogP contribution in [-0.2, 0) is 9.59 Å². The second-order valence-corrected chi connectivity index (χ2v) is 7.67. The Morgan fingerprint density at radius 3 is 2.70 bits per heavy atom. The lowest BCUT2D eigenvalue weighted by Crippen LogP contribution is -2.55. The lowest BCUT2D eigenvalue weighted by Gasteiger charge is -2.38. The van der Waals surface area contributed by atoms with E-state index in [4.69, 9.17) is 0 Å². The van der Waals surface area contributed by atoms with Crippen LogP contribution >= 0.6 is 0 Å². The number of carbonyl (C=O) groups is 2. The molecule has 4 rings (SSSR count). The van der Waals surface area contributed by atoms with Crippen LogP contribution in [0.4, 0.5) is 5.69 Å². The van der Waals surface area contributed by atoms with Crippen LogP contribution in [0.15, 0.2) is 30.0 Å². The minimum atomic E-state index is -0.348. The van der Waals surface area contributed by atoms with Crippen LogP contribution in [0.5, 0.6) is 0 Å². The summed E-state index contributed by atoms with van der Waals surface area (Å²) >= 11 is 0. The van der Waals surface area contributed by atoms with E-state index in [1.165, 1.54) is 5.56 Å². The molecule has 0 radical (unpaired) electrons. The number of fused-ring (bicyclic) bond motifs is 1. The Kier molecular flexibility index (Phi) is 4.88. The Morgan fingerprint density at radius 1 is 1.19 bits per heavy atom. The minimum absolute atomic E-state index is 0.0786. The smallest absolute Gasteiger partial charge is 0.247 e. The zero-order valence-electron chi connectivity index (χ0n) is 15.8. The van der Waals surface area contributed by atoms with E-state index in [0.717, 1.165) is 42.9 Å². The Labute approximate surface area is 159 Å². The third kappa shape index (κ3) is 3.57. The highest BCUT2D eigenvalue weighted by Crippen LogP contribution is 2.31. The number of nitrogens with one attached hydrogen (secondary N) is 4. The summed E-state index contributed by atoms with van der Waals surface area (Å²) in [6.45, 7) is 6.49. The first-order valence-corrected chi connectivity index (χ1v) is 9.66. The van der Waals surface area contributed by atoms with Gasteiger partial charge in [0.2, 0.25) is 11.8 Å². The summed E-state index contributed by atoms with van der Waals surface area (Å²) in [6, 6.07) is 5.90. The third-order valence-electron chi connectivity index (χ3n) is 5.86. The Bertz CT molecular complexity index is 785. The lowest BCUT2D eigenvalue weighted by atomic mass is 9.92. The van der Waals surface area contributed by atoms with Gasteiger partial charge in [0.15, 0.2) is 0 Å². The number of hydrogen-bond acceptors (Lipinski definition) is 5. The van der Waals surface area contributed by atoms with E-state index in [9.17, 15) is 9.59 Å². The molecule has 0 bridgehead atoms. The van der Waals surface area contributed by atoms with Gasteiger partial charge in [-0.2, -0.15) is 0 Å². The molecule has 1 aromatic carbocycles. The van der Waals surface area contributed by atoms with Crippen molar-refractivity contribution in [2.45, 2.75) is 32.9 Å². The number of allylic oxidation sites excluding steroid dienone is 1. The topological polar surface area (TPSA) is 85.5 Å². The van der Waals surface area contributed by atoms with Crippen molar-refractivity contribution in [3.8, 4) is 0 Å².